The Morgan fingerprint density at radius 3 is 2.71 bits per heavy atom. The molecule has 9 heteroatoms. The summed E-state index contributed by atoms with van der Waals surface area (Å²) in [4.78, 5) is 20.1. The van der Waals surface area contributed by atoms with Gasteiger partial charge in [0.15, 0.2) is 5.82 Å². The van der Waals surface area contributed by atoms with Crippen LogP contribution < -0.4 is 16.0 Å². The Bertz CT molecular complexity index is 999. The van der Waals surface area contributed by atoms with Gasteiger partial charge in [-0.1, -0.05) is 24.2 Å². The minimum atomic E-state index is -0.286. The summed E-state index contributed by atoms with van der Waals surface area (Å²) in [5, 5.41) is 13.6. The summed E-state index contributed by atoms with van der Waals surface area (Å²) in [6.45, 7) is 7.53. The normalized spacial score (nSPS) is 10.6. The quantitative estimate of drug-likeness (QED) is 0.507. The Morgan fingerprint density at radius 2 is 2.00 bits per heavy atom. The third kappa shape index (κ3) is 4.86. The molecule has 0 aliphatic heterocycles. The molecule has 144 valence electrons. The van der Waals surface area contributed by atoms with Crippen LogP contribution in [0.3, 0.4) is 0 Å². The van der Waals surface area contributed by atoms with Crippen molar-refractivity contribution in [2.75, 3.05) is 16.0 Å². The minimum Gasteiger partial charge on any atom is -0.339 e. The largest absolute Gasteiger partial charge is 0.339 e. The summed E-state index contributed by atoms with van der Waals surface area (Å²) >= 11 is 6.23. The van der Waals surface area contributed by atoms with E-state index in [4.69, 9.17) is 11.6 Å². The lowest BCUT2D eigenvalue weighted by molar-refractivity contribution is -0.111. The summed E-state index contributed by atoms with van der Waals surface area (Å²) in [5.74, 6) is 0.527. The van der Waals surface area contributed by atoms with Crippen molar-refractivity contribution in [3.8, 4) is 0 Å². The minimum absolute atomic E-state index is 0.257. The third-order valence-corrected chi connectivity index (χ3v) is 3.99. The number of anilines is 5. The van der Waals surface area contributed by atoms with E-state index >= 15 is 0 Å². The van der Waals surface area contributed by atoms with E-state index in [0.717, 1.165) is 5.69 Å². The molecular formula is C19H20ClN7O. The molecule has 0 unspecified atom stereocenters. The second-order valence-corrected chi connectivity index (χ2v) is 6.62. The number of carbonyl (C=O) groups excluding carboxylic acids is 1. The fourth-order valence-corrected chi connectivity index (χ4v) is 2.47. The molecule has 0 fully saturated rings. The van der Waals surface area contributed by atoms with Gasteiger partial charge in [-0.15, -0.1) is 0 Å². The third-order valence-electron chi connectivity index (χ3n) is 3.71. The first-order valence-corrected chi connectivity index (χ1v) is 8.96. The van der Waals surface area contributed by atoms with E-state index in [9.17, 15) is 4.79 Å². The number of amides is 1. The van der Waals surface area contributed by atoms with Crippen molar-refractivity contribution in [3.63, 3.8) is 0 Å². The first kappa shape index (κ1) is 19.4. The average Bonchev–Trinajstić information content (AvgIpc) is 3.13. The number of halogens is 1. The van der Waals surface area contributed by atoms with Crippen LogP contribution in [-0.2, 0) is 4.79 Å². The smallest absolute Gasteiger partial charge is 0.247 e. The molecule has 0 saturated heterocycles. The molecule has 28 heavy (non-hydrogen) atoms. The summed E-state index contributed by atoms with van der Waals surface area (Å²) in [6, 6.07) is 7.43. The van der Waals surface area contributed by atoms with E-state index in [1.807, 2.05) is 30.8 Å². The zero-order valence-electron chi connectivity index (χ0n) is 15.5. The number of carbonyl (C=O) groups is 1. The van der Waals surface area contributed by atoms with Crippen LogP contribution in [0.4, 0.5) is 28.8 Å². The summed E-state index contributed by atoms with van der Waals surface area (Å²) < 4.78 is 1.83. The molecule has 1 amide bonds. The molecule has 8 nitrogen and oxygen atoms in total. The number of benzene rings is 1. The van der Waals surface area contributed by atoms with Crippen LogP contribution in [0.2, 0.25) is 5.02 Å². The molecule has 2 heterocycles. The molecule has 0 saturated carbocycles. The van der Waals surface area contributed by atoms with Crippen LogP contribution in [0.1, 0.15) is 19.9 Å². The van der Waals surface area contributed by atoms with E-state index < -0.39 is 0 Å². The number of nitrogens with zero attached hydrogens (tertiary/aromatic N) is 4. The van der Waals surface area contributed by atoms with Gasteiger partial charge in [0.05, 0.1) is 18.1 Å². The van der Waals surface area contributed by atoms with E-state index in [2.05, 4.69) is 37.6 Å². The van der Waals surface area contributed by atoms with Gasteiger partial charge >= 0.3 is 0 Å². The highest BCUT2D eigenvalue weighted by molar-refractivity contribution is 6.32. The summed E-state index contributed by atoms with van der Waals surface area (Å²) in [6.07, 6.45) is 6.30. The molecule has 0 aliphatic carbocycles. The highest BCUT2D eigenvalue weighted by Gasteiger charge is 2.09. The second kappa shape index (κ2) is 8.53. The van der Waals surface area contributed by atoms with Crippen molar-refractivity contribution in [1.29, 1.82) is 0 Å². The molecule has 0 aliphatic rings. The van der Waals surface area contributed by atoms with E-state index in [0.29, 0.717) is 28.2 Å². The van der Waals surface area contributed by atoms with Crippen LogP contribution in [0, 0.1) is 0 Å². The lowest BCUT2D eigenvalue weighted by Gasteiger charge is -2.11. The molecule has 2 aromatic heterocycles. The first-order chi connectivity index (χ1) is 13.4. The van der Waals surface area contributed by atoms with Gasteiger partial charge in [-0.05, 0) is 38.1 Å². The van der Waals surface area contributed by atoms with Crippen molar-refractivity contribution < 1.29 is 4.79 Å². The van der Waals surface area contributed by atoms with E-state index in [1.54, 1.807) is 24.4 Å². The van der Waals surface area contributed by atoms with Crippen LogP contribution >= 0.6 is 11.6 Å². The zero-order chi connectivity index (χ0) is 20.1. The molecule has 3 aromatic rings. The maximum absolute atomic E-state index is 11.5. The molecule has 3 rings (SSSR count). The maximum atomic E-state index is 11.5. The van der Waals surface area contributed by atoms with Crippen molar-refractivity contribution in [1.82, 2.24) is 19.7 Å². The lowest BCUT2D eigenvalue weighted by Crippen LogP contribution is -2.07. The van der Waals surface area contributed by atoms with E-state index in [-0.39, 0.29) is 11.9 Å². The van der Waals surface area contributed by atoms with Crippen LogP contribution in [0.25, 0.3) is 0 Å². The highest BCUT2D eigenvalue weighted by Crippen LogP contribution is 2.26. The zero-order valence-corrected chi connectivity index (χ0v) is 16.2. The Balaban J connectivity index is 1.77. The number of aromatic nitrogens is 4. The Kier molecular flexibility index (Phi) is 5.90. The Hall–Kier alpha value is -3.39. The molecule has 0 atom stereocenters. The van der Waals surface area contributed by atoms with Crippen molar-refractivity contribution in [2.45, 2.75) is 19.9 Å². The van der Waals surface area contributed by atoms with Gasteiger partial charge in [-0.25, -0.2) is 4.98 Å². The van der Waals surface area contributed by atoms with Gasteiger partial charge in [0.25, 0.3) is 0 Å². The lowest BCUT2D eigenvalue weighted by atomic mass is 10.2. The molecule has 3 N–H and O–H groups in total. The van der Waals surface area contributed by atoms with Crippen molar-refractivity contribution in [2.24, 2.45) is 0 Å². The fourth-order valence-electron chi connectivity index (χ4n) is 2.33. The summed E-state index contributed by atoms with van der Waals surface area (Å²) in [7, 11) is 0. The number of hydrogen-bond donors (Lipinski definition) is 3. The molecule has 0 bridgehead atoms. The molecular weight excluding hydrogens is 378 g/mol. The highest BCUT2D eigenvalue weighted by atomic mass is 35.5. The van der Waals surface area contributed by atoms with Gasteiger partial charge in [0, 0.05) is 23.6 Å². The number of nitrogens with one attached hydrogen (secondary N) is 3. The van der Waals surface area contributed by atoms with Crippen molar-refractivity contribution in [3.05, 3.63) is 60.5 Å². The molecule has 0 spiro atoms. The second-order valence-electron chi connectivity index (χ2n) is 6.22. The van der Waals surface area contributed by atoms with Crippen LogP contribution in [0.15, 0.2) is 55.5 Å². The Morgan fingerprint density at radius 1 is 1.21 bits per heavy atom. The molecule has 0 radical (unpaired) electrons. The Labute approximate surface area is 167 Å². The summed E-state index contributed by atoms with van der Waals surface area (Å²) in [5.41, 5.74) is 2.11. The average molecular weight is 398 g/mol. The van der Waals surface area contributed by atoms with Crippen molar-refractivity contribution >= 4 is 46.3 Å². The van der Waals surface area contributed by atoms with Gasteiger partial charge in [0.1, 0.15) is 5.02 Å². The first-order valence-electron chi connectivity index (χ1n) is 8.59. The number of rotatable bonds is 7. The van der Waals surface area contributed by atoms with Crippen LogP contribution in [-0.4, -0.2) is 25.7 Å². The predicted molar refractivity (Wildman–Crippen MR) is 111 cm³/mol. The monoisotopic (exact) mass is 397 g/mol. The topological polar surface area (TPSA) is 96.8 Å². The fraction of sp³-hybridized carbons (Fsp3) is 0.158. The van der Waals surface area contributed by atoms with Gasteiger partial charge in [-0.2, -0.15) is 10.1 Å². The molecule has 1 aromatic carbocycles. The van der Waals surface area contributed by atoms with Gasteiger partial charge < -0.3 is 16.0 Å². The van der Waals surface area contributed by atoms with E-state index in [1.165, 1.54) is 12.3 Å². The van der Waals surface area contributed by atoms with Gasteiger partial charge in [0.2, 0.25) is 11.9 Å². The SMILES string of the molecule is C=CC(=O)Nc1cccc(Nc2nc(Nc3cnn(C(C)C)c3)ncc2Cl)c1. The van der Waals surface area contributed by atoms with Gasteiger partial charge in [-0.3, -0.25) is 9.48 Å². The number of hydrogen-bond acceptors (Lipinski definition) is 6. The maximum Gasteiger partial charge on any atom is 0.247 e. The standard InChI is InChI=1S/C19H20ClN7O/c1-4-17(28)23-13-6-5-7-14(8-13)24-18-16(20)10-21-19(26-18)25-15-9-22-27(11-15)12(2)3/h4-12H,1H2,2-3H3,(H,23,28)(H2,21,24,25,26). The van der Waals surface area contributed by atoms with Crippen LogP contribution in [0.5, 0.6) is 0 Å². The predicted octanol–water partition coefficient (Wildman–Crippen LogP) is 4.52.